The van der Waals surface area contributed by atoms with Gasteiger partial charge in [-0.3, -0.25) is 0 Å². The molecule has 92 valence electrons. The average Bonchev–Trinajstić information content (AvgIpc) is 2.58. The first-order valence-corrected chi connectivity index (χ1v) is 5.68. The zero-order chi connectivity index (χ0) is 12.2. The van der Waals surface area contributed by atoms with Gasteiger partial charge in [-0.15, -0.1) is 0 Å². The second-order valence-corrected chi connectivity index (χ2v) is 5.16. The fourth-order valence-corrected chi connectivity index (χ4v) is 1.08. The zero-order valence-corrected chi connectivity index (χ0v) is 10.8. The molecule has 16 heavy (non-hydrogen) atoms. The second kappa shape index (κ2) is 5.46. The molecule has 1 heterocycles. The molecule has 0 aliphatic heterocycles. The van der Waals surface area contributed by atoms with Gasteiger partial charge in [-0.1, -0.05) is 13.8 Å². The Morgan fingerprint density at radius 1 is 1.44 bits per heavy atom. The molecular formula is C12H22N2O2. The van der Waals surface area contributed by atoms with Gasteiger partial charge in [-0.05, 0) is 20.8 Å². The van der Waals surface area contributed by atoms with Gasteiger partial charge in [0.2, 0.25) is 5.89 Å². The van der Waals surface area contributed by atoms with E-state index in [4.69, 9.17) is 9.15 Å². The number of ether oxygens (including phenoxy) is 1. The van der Waals surface area contributed by atoms with E-state index in [0.717, 1.165) is 5.76 Å². The Labute approximate surface area is 97.4 Å². The first-order valence-electron chi connectivity index (χ1n) is 5.68. The van der Waals surface area contributed by atoms with Crippen LogP contribution in [0.1, 0.15) is 46.3 Å². The Bertz CT molecular complexity index is 313. The summed E-state index contributed by atoms with van der Waals surface area (Å²) in [6, 6.07) is 0.432. The maximum Gasteiger partial charge on any atom is 0.208 e. The Morgan fingerprint density at radius 2 is 2.12 bits per heavy atom. The Kier molecular flexibility index (Phi) is 4.50. The lowest BCUT2D eigenvalue weighted by Crippen LogP contribution is -2.21. The van der Waals surface area contributed by atoms with Crippen LogP contribution in [0.3, 0.4) is 0 Å². The molecule has 1 aromatic rings. The van der Waals surface area contributed by atoms with Crippen LogP contribution in [-0.4, -0.2) is 16.6 Å². The number of rotatable bonds is 5. The number of oxazole rings is 1. The molecule has 0 unspecified atom stereocenters. The molecule has 0 radical (unpaired) electrons. The first kappa shape index (κ1) is 13.2. The highest BCUT2D eigenvalue weighted by Gasteiger charge is 2.12. The Balaban J connectivity index is 2.39. The summed E-state index contributed by atoms with van der Waals surface area (Å²) in [7, 11) is 0. The second-order valence-electron chi connectivity index (χ2n) is 5.16. The Hall–Kier alpha value is -0.870. The Morgan fingerprint density at radius 3 is 2.69 bits per heavy atom. The molecule has 0 saturated heterocycles. The van der Waals surface area contributed by atoms with Gasteiger partial charge in [-0.25, -0.2) is 4.98 Å². The molecule has 0 aliphatic carbocycles. The summed E-state index contributed by atoms with van der Waals surface area (Å²) in [4.78, 5) is 4.18. The topological polar surface area (TPSA) is 47.3 Å². The van der Waals surface area contributed by atoms with Crippen molar-refractivity contribution < 1.29 is 9.15 Å². The SMILES string of the molecule is CC(C)NCc1ncc(COC(C)(C)C)o1. The first-order chi connectivity index (χ1) is 7.37. The number of nitrogens with zero attached hydrogens (tertiary/aromatic N) is 1. The fourth-order valence-electron chi connectivity index (χ4n) is 1.08. The molecule has 0 bridgehead atoms. The van der Waals surface area contributed by atoms with Crippen LogP contribution >= 0.6 is 0 Å². The molecule has 0 saturated carbocycles. The summed E-state index contributed by atoms with van der Waals surface area (Å²) in [5.41, 5.74) is -0.150. The van der Waals surface area contributed by atoms with Crippen molar-refractivity contribution in [1.82, 2.24) is 10.3 Å². The third-order valence-electron chi connectivity index (χ3n) is 1.91. The minimum Gasteiger partial charge on any atom is -0.442 e. The summed E-state index contributed by atoms with van der Waals surface area (Å²) in [5, 5.41) is 3.25. The highest BCUT2D eigenvalue weighted by atomic mass is 16.5. The van der Waals surface area contributed by atoms with Crippen molar-refractivity contribution in [2.45, 2.75) is 59.4 Å². The average molecular weight is 226 g/mol. The van der Waals surface area contributed by atoms with E-state index in [1.165, 1.54) is 0 Å². The number of hydrogen-bond acceptors (Lipinski definition) is 4. The largest absolute Gasteiger partial charge is 0.442 e. The molecule has 4 nitrogen and oxygen atoms in total. The lowest BCUT2D eigenvalue weighted by atomic mass is 10.2. The van der Waals surface area contributed by atoms with E-state index in [0.29, 0.717) is 25.1 Å². The summed E-state index contributed by atoms with van der Waals surface area (Å²) < 4.78 is 11.1. The van der Waals surface area contributed by atoms with E-state index in [9.17, 15) is 0 Å². The number of nitrogens with one attached hydrogen (secondary N) is 1. The number of aromatic nitrogens is 1. The van der Waals surface area contributed by atoms with Crippen molar-refractivity contribution in [3.8, 4) is 0 Å². The van der Waals surface area contributed by atoms with Gasteiger partial charge < -0.3 is 14.5 Å². The summed E-state index contributed by atoms with van der Waals surface area (Å²) in [6.45, 7) is 11.4. The third-order valence-corrected chi connectivity index (χ3v) is 1.91. The van der Waals surface area contributed by atoms with Crippen LogP contribution in [0.4, 0.5) is 0 Å². The van der Waals surface area contributed by atoms with Crippen LogP contribution in [0, 0.1) is 0 Å². The van der Waals surface area contributed by atoms with Gasteiger partial charge in [0.05, 0.1) is 18.3 Å². The van der Waals surface area contributed by atoms with Gasteiger partial charge in [0.25, 0.3) is 0 Å². The standard InChI is InChI=1S/C12H22N2O2/c1-9(2)13-7-11-14-6-10(16-11)8-15-12(3,4)5/h6,9,13H,7-8H2,1-5H3. The van der Waals surface area contributed by atoms with Gasteiger partial charge in [0.1, 0.15) is 12.4 Å². The summed E-state index contributed by atoms with van der Waals surface area (Å²) in [6.07, 6.45) is 1.73. The molecule has 0 spiro atoms. The van der Waals surface area contributed by atoms with Gasteiger partial charge in [0, 0.05) is 6.04 Å². The van der Waals surface area contributed by atoms with Gasteiger partial charge >= 0.3 is 0 Å². The van der Waals surface area contributed by atoms with E-state index < -0.39 is 0 Å². The van der Waals surface area contributed by atoms with Crippen LogP contribution < -0.4 is 5.32 Å². The maximum absolute atomic E-state index is 5.60. The predicted molar refractivity (Wildman–Crippen MR) is 63.0 cm³/mol. The van der Waals surface area contributed by atoms with Crippen molar-refractivity contribution in [2.75, 3.05) is 0 Å². The van der Waals surface area contributed by atoms with Crippen LogP contribution in [0.25, 0.3) is 0 Å². The quantitative estimate of drug-likeness (QED) is 0.838. The lowest BCUT2D eigenvalue weighted by Gasteiger charge is -2.18. The normalized spacial score (nSPS) is 12.4. The summed E-state index contributed by atoms with van der Waals surface area (Å²) in [5.74, 6) is 1.48. The van der Waals surface area contributed by atoms with E-state index in [1.54, 1.807) is 6.20 Å². The van der Waals surface area contributed by atoms with Crippen LogP contribution in [0.2, 0.25) is 0 Å². The van der Waals surface area contributed by atoms with Crippen molar-refractivity contribution in [3.63, 3.8) is 0 Å². The predicted octanol–water partition coefficient (Wildman–Crippen LogP) is 2.49. The van der Waals surface area contributed by atoms with E-state index in [1.807, 2.05) is 20.8 Å². The smallest absolute Gasteiger partial charge is 0.208 e. The minimum absolute atomic E-state index is 0.150. The van der Waals surface area contributed by atoms with E-state index >= 15 is 0 Å². The molecule has 0 fully saturated rings. The molecule has 0 atom stereocenters. The molecular weight excluding hydrogens is 204 g/mol. The van der Waals surface area contributed by atoms with Gasteiger partial charge in [-0.2, -0.15) is 0 Å². The van der Waals surface area contributed by atoms with Crippen LogP contribution in [0.5, 0.6) is 0 Å². The van der Waals surface area contributed by atoms with E-state index in [2.05, 4.69) is 24.1 Å². The van der Waals surface area contributed by atoms with Crippen molar-refractivity contribution in [3.05, 3.63) is 17.8 Å². The highest BCUT2D eigenvalue weighted by Crippen LogP contribution is 2.12. The van der Waals surface area contributed by atoms with Crippen molar-refractivity contribution >= 4 is 0 Å². The van der Waals surface area contributed by atoms with E-state index in [-0.39, 0.29) is 5.60 Å². The summed E-state index contributed by atoms with van der Waals surface area (Å²) >= 11 is 0. The minimum atomic E-state index is -0.150. The molecule has 1 aromatic heterocycles. The molecule has 4 heteroatoms. The third kappa shape index (κ3) is 5.28. The molecule has 1 rings (SSSR count). The highest BCUT2D eigenvalue weighted by molar-refractivity contribution is 4.92. The van der Waals surface area contributed by atoms with Crippen LogP contribution in [-0.2, 0) is 17.9 Å². The zero-order valence-electron chi connectivity index (χ0n) is 10.8. The maximum atomic E-state index is 5.60. The molecule has 0 aliphatic rings. The van der Waals surface area contributed by atoms with Crippen molar-refractivity contribution in [2.24, 2.45) is 0 Å². The molecule has 0 amide bonds. The lowest BCUT2D eigenvalue weighted by molar-refractivity contribution is -0.0227. The van der Waals surface area contributed by atoms with Crippen LogP contribution in [0.15, 0.2) is 10.6 Å². The number of hydrogen-bond donors (Lipinski definition) is 1. The van der Waals surface area contributed by atoms with Gasteiger partial charge in [0.15, 0.2) is 0 Å². The molecule has 1 N–H and O–H groups in total. The fraction of sp³-hybridized carbons (Fsp3) is 0.750. The monoisotopic (exact) mass is 226 g/mol. The molecule has 0 aromatic carbocycles. The van der Waals surface area contributed by atoms with Crippen molar-refractivity contribution in [1.29, 1.82) is 0 Å².